The summed E-state index contributed by atoms with van der Waals surface area (Å²) in [5.74, 6) is 0.898. The van der Waals surface area contributed by atoms with Gasteiger partial charge in [0.05, 0.1) is 6.61 Å². The number of benzene rings is 1. The quantitative estimate of drug-likeness (QED) is 0.676. The molecule has 0 aliphatic heterocycles. The summed E-state index contributed by atoms with van der Waals surface area (Å²) >= 11 is 0. The largest absolute Gasteiger partial charge is 0.494 e. The van der Waals surface area contributed by atoms with Crippen LogP contribution in [-0.4, -0.2) is 13.2 Å². The van der Waals surface area contributed by atoms with Crippen molar-refractivity contribution < 1.29 is 4.74 Å². The molecule has 0 saturated carbocycles. The lowest BCUT2D eigenvalue weighted by atomic mass is 10.2. The maximum atomic E-state index is 5.48. The van der Waals surface area contributed by atoms with E-state index in [1.54, 1.807) is 0 Å². The van der Waals surface area contributed by atoms with E-state index < -0.39 is 0 Å². The van der Waals surface area contributed by atoms with Gasteiger partial charge in [-0.2, -0.15) is 0 Å². The molecule has 2 nitrogen and oxygen atoms in total. The van der Waals surface area contributed by atoms with Gasteiger partial charge in [0.1, 0.15) is 5.75 Å². The molecular formula is C11H16NO. The average molecular weight is 178 g/mol. The van der Waals surface area contributed by atoms with Crippen LogP contribution in [0.4, 0.5) is 0 Å². The smallest absolute Gasteiger partial charge is 0.119 e. The Labute approximate surface area is 79.7 Å². The number of nitrogens with two attached hydrogens (primary N) is 1. The molecule has 0 atom stereocenters. The van der Waals surface area contributed by atoms with Crippen LogP contribution in [0.5, 0.6) is 5.75 Å². The zero-order chi connectivity index (χ0) is 9.36. The Hall–Kier alpha value is -1.02. The normalized spacial score (nSPS) is 9.92. The standard InChI is InChI=1S/C11H16NO/c12-9-5-2-6-10-13-11-7-3-1-4-8-11/h1,3,7-8H,2,5-6,9-10,12H2. The molecule has 0 bridgehead atoms. The van der Waals surface area contributed by atoms with Crippen molar-refractivity contribution in [3.8, 4) is 5.75 Å². The summed E-state index contributed by atoms with van der Waals surface area (Å²) in [6.07, 6.45) is 3.31. The molecule has 1 radical (unpaired) electrons. The van der Waals surface area contributed by atoms with Crippen molar-refractivity contribution in [2.45, 2.75) is 19.3 Å². The summed E-state index contributed by atoms with van der Waals surface area (Å²) in [4.78, 5) is 0. The molecule has 0 fully saturated rings. The van der Waals surface area contributed by atoms with Gasteiger partial charge in [-0.1, -0.05) is 12.1 Å². The number of hydrogen-bond donors (Lipinski definition) is 1. The summed E-state index contributed by atoms with van der Waals surface area (Å²) < 4.78 is 5.48. The molecule has 1 rings (SSSR count). The van der Waals surface area contributed by atoms with Crippen LogP contribution in [0.25, 0.3) is 0 Å². The fraction of sp³-hybridized carbons (Fsp3) is 0.455. The van der Waals surface area contributed by atoms with Gasteiger partial charge in [-0.15, -0.1) is 0 Å². The maximum Gasteiger partial charge on any atom is 0.119 e. The number of hydrogen-bond acceptors (Lipinski definition) is 2. The topological polar surface area (TPSA) is 35.2 Å². The van der Waals surface area contributed by atoms with Crippen molar-refractivity contribution in [2.24, 2.45) is 5.73 Å². The van der Waals surface area contributed by atoms with Crippen molar-refractivity contribution >= 4 is 0 Å². The summed E-state index contributed by atoms with van der Waals surface area (Å²) in [5, 5.41) is 0. The van der Waals surface area contributed by atoms with Crippen LogP contribution in [-0.2, 0) is 0 Å². The third-order valence-electron chi connectivity index (χ3n) is 1.80. The summed E-state index contributed by atoms with van der Waals surface area (Å²) in [5.41, 5.74) is 5.38. The first-order valence-electron chi connectivity index (χ1n) is 4.72. The van der Waals surface area contributed by atoms with Crippen molar-refractivity contribution in [1.82, 2.24) is 0 Å². The third kappa shape index (κ3) is 4.53. The van der Waals surface area contributed by atoms with Crippen LogP contribution in [0.15, 0.2) is 24.3 Å². The molecule has 2 heteroatoms. The van der Waals surface area contributed by atoms with Gasteiger partial charge in [-0.05, 0) is 44.0 Å². The first-order chi connectivity index (χ1) is 6.43. The number of rotatable bonds is 6. The summed E-state index contributed by atoms with van der Waals surface area (Å²) in [7, 11) is 0. The lowest BCUT2D eigenvalue weighted by Crippen LogP contribution is -2.01. The zero-order valence-corrected chi connectivity index (χ0v) is 7.83. The van der Waals surface area contributed by atoms with Crippen LogP contribution in [0.2, 0.25) is 0 Å². The minimum absolute atomic E-state index is 0.776. The Morgan fingerprint density at radius 1 is 1.31 bits per heavy atom. The molecule has 0 aliphatic rings. The number of ether oxygens (including phenoxy) is 1. The van der Waals surface area contributed by atoms with Crippen molar-refractivity contribution in [3.05, 3.63) is 30.3 Å². The second-order valence-electron chi connectivity index (χ2n) is 2.94. The summed E-state index contributed by atoms with van der Waals surface area (Å²) in [6.45, 7) is 1.55. The zero-order valence-electron chi connectivity index (χ0n) is 7.83. The highest BCUT2D eigenvalue weighted by molar-refractivity contribution is 5.19. The van der Waals surface area contributed by atoms with Gasteiger partial charge in [0.15, 0.2) is 0 Å². The lowest BCUT2D eigenvalue weighted by molar-refractivity contribution is 0.305. The first-order valence-corrected chi connectivity index (χ1v) is 4.72. The van der Waals surface area contributed by atoms with Crippen LogP contribution < -0.4 is 10.5 Å². The van der Waals surface area contributed by atoms with Gasteiger partial charge < -0.3 is 10.5 Å². The molecular weight excluding hydrogens is 162 g/mol. The SMILES string of the molecule is NCCCCCOc1c[c]ccc1. The van der Waals surface area contributed by atoms with Crippen LogP contribution in [0, 0.1) is 6.07 Å². The van der Waals surface area contributed by atoms with E-state index in [4.69, 9.17) is 10.5 Å². The highest BCUT2D eigenvalue weighted by Crippen LogP contribution is 2.08. The second kappa shape index (κ2) is 6.49. The molecule has 0 aromatic heterocycles. The highest BCUT2D eigenvalue weighted by atomic mass is 16.5. The molecule has 1 aromatic carbocycles. The third-order valence-corrected chi connectivity index (χ3v) is 1.80. The lowest BCUT2D eigenvalue weighted by Gasteiger charge is -2.04. The molecule has 71 valence electrons. The molecule has 13 heavy (non-hydrogen) atoms. The van der Waals surface area contributed by atoms with Gasteiger partial charge >= 0.3 is 0 Å². The Morgan fingerprint density at radius 2 is 2.23 bits per heavy atom. The summed E-state index contributed by atoms with van der Waals surface area (Å²) in [6, 6.07) is 10.6. The minimum Gasteiger partial charge on any atom is -0.494 e. The Kier molecular flexibility index (Phi) is 5.02. The van der Waals surface area contributed by atoms with Crippen molar-refractivity contribution in [3.63, 3.8) is 0 Å². The van der Waals surface area contributed by atoms with Crippen LogP contribution in [0.3, 0.4) is 0 Å². The van der Waals surface area contributed by atoms with Crippen LogP contribution in [0.1, 0.15) is 19.3 Å². The molecule has 2 N–H and O–H groups in total. The van der Waals surface area contributed by atoms with Crippen LogP contribution >= 0.6 is 0 Å². The molecule has 0 saturated heterocycles. The minimum atomic E-state index is 0.776. The van der Waals surface area contributed by atoms with E-state index in [1.165, 1.54) is 0 Å². The van der Waals surface area contributed by atoms with E-state index in [1.807, 2.05) is 24.3 Å². The average Bonchev–Trinajstić information content (AvgIpc) is 2.19. The molecule has 1 aromatic rings. The fourth-order valence-corrected chi connectivity index (χ4v) is 1.08. The Balaban J connectivity index is 2.07. The van der Waals surface area contributed by atoms with E-state index in [9.17, 15) is 0 Å². The van der Waals surface area contributed by atoms with Gasteiger partial charge in [0.2, 0.25) is 0 Å². The van der Waals surface area contributed by atoms with Gasteiger partial charge in [0.25, 0.3) is 0 Å². The molecule has 0 unspecified atom stereocenters. The molecule has 0 amide bonds. The second-order valence-corrected chi connectivity index (χ2v) is 2.94. The predicted molar refractivity (Wildman–Crippen MR) is 53.7 cm³/mol. The number of unbranched alkanes of at least 4 members (excludes halogenated alkanes) is 2. The van der Waals surface area contributed by atoms with Gasteiger partial charge in [0, 0.05) is 0 Å². The van der Waals surface area contributed by atoms with E-state index in [-0.39, 0.29) is 0 Å². The fourth-order valence-electron chi connectivity index (χ4n) is 1.08. The van der Waals surface area contributed by atoms with Gasteiger partial charge in [-0.25, -0.2) is 0 Å². The van der Waals surface area contributed by atoms with E-state index in [0.717, 1.165) is 38.2 Å². The first kappa shape index (κ1) is 10.1. The van der Waals surface area contributed by atoms with Crippen molar-refractivity contribution in [1.29, 1.82) is 0 Å². The Morgan fingerprint density at radius 3 is 2.92 bits per heavy atom. The van der Waals surface area contributed by atoms with Crippen molar-refractivity contribution in [2.75, 3.05) is 13.2 Å². The molecule has 0 heterocycles. The Bertz CT molecular complexity index is 211. The highest BCUT2D eigenvalue weighted by Gasteiger charge is 1.91. The van der Waals surface area contributed by atoms with E-state index in [2.05, 4.69) is 6.07 Å². The van der Waals surface area contributed by atoms with E-state index >= 15 is 0 Å². The maximum absolute atomic E-state index is 5.48. The molecule has 0 spiro atoms. The monoisotopic (exact) mass is 178 g/mol. The molecule has 0 aliphatic carbocycles. The predicted octanol–water partition coefficient (Wildman–Crippen LogP) is 1.99. The van der Waals surface area contributed by atoms with Gasteiger partial charge in [-0.3, -0.25) is 0 Å². The van der Waals surface area contributed by atoms with E-state index in [0.29, 0.717) is 0 Å².